The van der Waals surface area contributed by atoms with Gasteiger partial charge in [0.2, 0.25) is 5.91 Å². The average Bonchev–Trinajstić information content (AvgIpc) is 3.19. The number of nitrogens with one attached hydrogen (secondary N) is 1. The molecule has 0 radical (unpaired) electrons. The normalized spacial score (nSPS) is 13.7. The minimum atomic E-state index is -0.791. The smallest absolute Gasteiger partial charge is 0.306 e. The first-order chi connectivity index (χ1) is 27.5. The number of hydrogen-bond donors (Lipinski definition) is 3. The zero-order chi connectivity index (χ0) is 41.0. The van der Waals surface area contributed by atoms with E-state index in [0.29, 0.717) is 19.3 Å². The highest BCUT2D eigenvalue weighted by Gasteiger charge is 2.24. The lowest BCUT2D eigenvalue weighted by Crippen LogP contribution is -2.46. The van der Waals surface area contributed by atoms with Gasteiger partial charge in [-0.15, -0.1) is 0 Å². The van der Waals surface area contributed by atoms with Gasteiger partial charge in [-0.05, 0) is 44.9 Å². The van der Waals surface area contributed by atoms with Gasteiger partial charge in [-0.3, -0.25) is 9.59 Å². The lowest BCUT2D eigenvalue weighted by Gasteiger charge is -2.24. The van der Waals surface area contributed by atoms with Gasteiger partial charge in [-0.25, -0.2) is 0 Å². The number of unbranched alkanes of at least 4 members (excludes halogenated alkanes) is 25. The Labute approximate surface area is 346 Å². The predicted octanol–water partition coefficient (Wildman–Crippen LogP) is 13.9. The fourth-order valence-corrected chi connectivity index (χ4v) is 7.15. The van der Waals surface area contributed by atoms with Gasteiger partial charge in [0.15, 0.2) is 0 Å². The van der Waals surface area contributed by atoms with Crippen LogP contribution in [-0.4, -0.2) is 46.9 Å². The van der Waals surface area contributed by atoms with E-state index in [1.54, 1.807) is 0 Å². The molecule has 0 bridgehead atoms. The summed E-state index contributed by atoms with van der Waals surface area (Å²) in [6, 6.07) is -0.706. The maximum atomic E-state index is 13.1. The van der Waals surface area contributed by atoms with Crippen LogP contribution in [0.15, 0.2) is 48.6 Å². The first kappa shape index (κ1) is 53.8. The SMILES string of the molecule is CC/C=C/C=C/C=C\C=C/CCCCCC(=O)OC(CCCCCCCCCCCCCCC)CC(=O)NC(CO)C(O)CCCCCCCCCCCCC. The molecule has 0 saturated carbocycles. The molecule has 3 N–H and O–H groups in total. The average molecular weight is 786 g/mol. The van der Waals surface area contributed by atoms with Crippen LogP contribution in [0.3, 0.4) is 0 Å². The number of esters is 1. The molecule has 0 aromatic carbocycles. The number of aliphatic hydroxyl groups excluding tert-OH is 2. The van der Waals surface area contributed by atoms with E-state index in [-0.39, 0.29) is 24.9 Å². The van der Waals surface area contributed by atoms with Crippen molar-refractivity contribution in [3.05, 3.63) is 48.6 Å². The molecule has 6 nitrogen and oxygen atoms in total. The van der Waals surface area contributed by atoms with Crippen LogP contribution in [-0.2, 0) is 14.3 Å². The molecule has 0 aliphatic heterocycles. The van der Waals surface area contributed by atoms with Gasteiger partial charge in [-0.2, -0.15) is 0 Å². The van der Waals surface area contributed by atoms with Crippen molar-refractivity contribution < 1.29 is 24.5 Å². The third-order valence-corrected chi connectivity index (χ3v) is 10.8. The molecular weight excluding hydrogens is 695 g/mol. The van der Waals surface area contributed by atoms with Gasteiger partial charge in [0, 0.05) is 6.42 Å². The van der Waals surface area contributed by atoms with E-state index in [4.69, 9.17) is 4.74 Å². The molecule has 3 atom stereocenters. The molecule has 6 heteroatoms. The Morgan fingerprint density at radius 1 is 0.536 bits per heavy atom. The molecule has 326 valence electrons. The second-order valence-electron chi connectivity index (χ2n) is 16.2. The fourth-order valence-electron chi connectivity index (χ4n) is 7.15. The Kier molecular flexibility index (Phi) is 42.2. The number of ether oxygens (including phenoxy) is 1. The van der Waals surface area contributed by atoms with Crippen molar-refractivity contribution in [3.8, 4) is 0 Å². The van der Waals surface area contributed by atoms with E-state index in [9.17, 15) is 19.8 Å². The maximum absolute atomic E-state index is 13.1. The molecule has 0 heterocycles. The van der Waals surface area contributed by atoms with Crippen LogP contribution < -0.4 is 5.32 Å². The van der Waals surface area contributed by atoms with Gasteiger partial charge in [0.05, 0.1) is 25.2 Å². The number of allylic oxidation sites excluding steroid dienone is 8. The van der Waals surface area contributed by atoms with E-state index in [0.717, 1.165) is 64.2 Å². The molecule has 0 aromatic heterocycles. The van der Waals surface area contributed by atoms with Crippen LogP contribution in [0.4, 0.5) is 0 Å². The second-order valence-corrected chi connectivity index (χ2v) is 16.2. The molecular formula is C50H91NO5. The van der Waals surface area contributed by atoms with Gasteiger partial charge >= 0.3 is 5.97 Å². The number of carbonyl (C=O) groups is 2. The monoisotopic (exact) mass is 786 g/mol. The van der Waals surface area contributed by atoms with Crippen molar-refractivity contribution in [1.29, 1.82) is 0 Å². The summed E-state index contributed by atoms with van der Waals surface area (Å²) < 4.78 is 5.90. The highest BCUT2D eigenvalue weighted by molar-refractivity contribution is 5.77. The summed E-state index contributed by atoms with van der Waals surface area (Å²) in [4.78, 5) is 26.0. The number of aliphatic hydroxyl groups is 2. The van der Waals surface area contributed by atoms with Crippen molar-refractivity contribution in [1.82, 2.24) is 5.32 Å². The molecule has 0 spiro atoms. The minimum Gasteiger partial charge on any atom is -0.462 e. The van der Waals surface area contributed by atoms with Crippen molar-refractivity contribution >= 4 is 11.9 Å². The molecule has 0 fully saturated rings. The molecule has 0 aliphatic rings. The highest BCUT2D eigenvalue weighted by atomic mass is 16.5. The fraction of sp³-hybridized carbons (Fsp3) is 0.800. The van der Waals surface area contributed by atoms with E-state index < -0.39 is 18.2 Å². The van der Waals surface area contributed by atoms with Gasteiger partial charge in [-0.1, -0.05) is 223 Å². The minimum absolute atomic E-state index is 0.0635. The van der Waals surface area contributed by atoms with Gasteiger partial charge in [0.25, 0.3) is 0 Å². The molecule has 0 saturated heterocycles. The van der Waals surface area contributed by atoms with Crippen LogP contribution in [0.1, 0.15) is 233 Å². The standard InChI is InChI=1S/C50H91NO5/c1-4-7-10-13-16-19-22-24-27-29-32-35-38-41-46(56-50(55)43-40-37-34-31-28-25-23-20-17-14-11-8-5-2)44-49(54)51-47(45-52)48(53)42-39-36-33-30-26-21-18-15-12-9-6-3/h8,11,14,17,20,23,25,28,46-48,52-53H,4-7,9-10,12-13,15-16,18-19,21-22,24,26-27,29-45H2,1-3H3,(H,51,54)/b11-8+,17-14+,23-20-,28-25-. The lowest BCUT2D eigenvalue weighted by molar-refractivity contribution is -0.151. The third kappa shape index (κ3) is 38.7. The van der Waals surface area contributed by atoms with E-state index in [1.807, 2.05) is 24.3 Å². The van der Waals surface area contributed by atoms with Crippen LogP contribution in [0.25, 0.3) is 0 Å². The Morgan fingerprint density at radius 2 is 0.964 bits per heavy atom. The zero-order valence-electron chi connectivity index (χ0n) is 37.0. The number of rotatable bonds is 42. The number of carbonyl (C=O) groups excluding carboxylic acids is 2. The molecule has 0 aromatic rings. The van der Waals surface area contributed by atoms with Crippen LogP contribution in [0.2, 0.25) is 0 Å². The summed E-state index contributed by atoms with van der Waals surface area (Å²) in [6.45, 7) is 6.32. The molecule has 3 unspecified atom stereocenters. The first-order valence-corrected chi connectivity index (χ1v) is 23.9. The topological polar surface area (TPSA) is 95.9 Å². The molecule has 1 amide bonds. The Bertz CT molecular complexity index is 972. The van der Waals surface area contributed by atoms with Crippen molar-refractivity contribution in [3.63, 3.8) is 0 Å². The molecule has 56 heavy (non-hydrogen) atoms. The molecule has 0 aliphatic carbocycles. The Hall–Kier alpha value is -2.18. The highest BCUT2D eigenvalue weighted by Crippen LogP contribution is 2.18. The molecule has 0 rings (SSSR count). The maximum Gasteiger partial charge on any atom is 0.306 e. The largest absolute Gasteiger partial charge is 0.462 e. The predicted molar refractivity (Wildman–Crippen MR) is 241 cm³/mol. The van der Waals surface area contributed by atoms with E-state index in [2.05, 4.69) is 50.4 Å². The Balaban J connectivity index is 4.65. The lowest BCUT2D eigenvalue weighted by atomic mass is 10.0. The van der Waals surface area contributed by atoms with Crippen molar-refractivity contribution in [2.45, 2.75) is 251 Å². The quantitative estimate of drug-likeness (QED) is 0.0325. The van der Waals surface area contributed by atoms with E-state index in [1.165, 1.54) is 122 Å². The number of hydrogen-bond acceptors (Lipinski definition) is 5. The zero-order valence-corrected chi connectivity index (χ0v) is 37.0. The summed E-state index contributed by atoms with van der Waals surface area (Å²) in [5.74, 6) is -0.515. The van der Waals surface area contributed by atoms with Crippen molar-refractivity contribution in [2.75, 3.05) is 6.61 Å². The Morgan fingerprint density at radius 3 is 1.45 bits per heavy atom. The summed E-state index contributed by atoms with van der Waals surface area (Å²) >= 11 is 0. The summed E-state index contributed by atoms with van der Waals surface area (Å²) in [5, 5.41) is 23.7. The van der Waals surface area contributed by atoms with Gasteiger partial charge < -0.3 is 20.3 Å². The summed E-state index contributed by atoms with van der Waals surface area (Å²) in [7, 11) is 0. The van der Waals surface area contributed by atoms with Crippen LogP contribution >= 0.6 is 0 Å². The third-order valence-electron chi connectivity index (χ3n) is 10.8. The van der Waals surface area contributed by atoms with Crippen LogP contribution in [0.5, 0.6) is 0 Å². The summed E-state index contributed by atoms with van der Waals surface area (Å²) in [6.07, 6.45) is 51.7. The number of amides is 1. The van der Waals surface area contributed by atoms with Crippen molar-refractivity contribution in [2.24, 2.45) is 0 Å². The second kappa shape index (κ2) is 43.9. The van der Waals surface area contributed by atoms with E-state index >= 15 is 0 Å². The summed E-state index contributed by atoms with van der Waals surface area (Å²) in [5.41, 5.74) is 0. The van der Waals surface area contributed by atoms with Gasteiger partial charge in [0.1, 0.15) is 6.10 Å². The van der Waals surface area contributed by atoms with Crippen LogP contribution in [0, 0.1) is 0 Å². The first-order valence-electron chi connectivity index (χ1n) is 23.9.